The Hall–Kier alpha value is -1.90. The van der Waals surface area contributed by atoms with Gasteiger partial charge in [0.05, 0.1) is 11.1 Å². The normalized spacial score (nSPS) is 10.6. The van der Waals surface area contributed by atoms with Gasteiger partial charge in [0.2, 0.25) is 0 Å². The quantitative estimate of drug-likeness (QED) is 0.856. The van der Waals surface area contributed by atoms with E-state index >= 15 is 0 Å². The minimum atomic E-state index is -0.915. The van der Waals surface area contributed by atoms with Crippen LogP contribution in [-0.4, -0.2) is 16.1 Å². The Morgan fingerprint density at radius 2 is 2.19 bits per heavy atom. The monoisotopic (exact) mass is 215 g/mol. The lowest BCUT2D eigenvalue weighted by Gasteiger charge is -2.02. The Labute approximate surface area is 93.7 Å². The van der Waals surface area contributed by atoms with Gasteiger partial charge >= 0.3 is 5.97 Å². The number of rotatable bonds is 3. The fourth-order valence-corrected chi connectivity index (χ4v) is 1.73. The van der Waals surface area contributed by atoms with Crippen molar-refractivity contribution in [2.24, 2.45) is 0 Å². The third-order valence-electron chi connectivity index (χ3n) is 2.53. The number of fused-ring (bicyclic) bond motifs is 1. The van der Waals surface area contributed by atoms with E-state index < -0.39 is 5.97 Å². The summed E-state index contributed by atoms with van der Waals surface area (Å²) in [6.45, 7) is 2.12. The molecular weight excluding hydrogens is 202 g/mol. The molecule has 2 aromatic rings. The maximum absolute atomic E-state index is 10.8. The molecule has 0 aliphatic heterocycles. The van der Waals surface area contributed by atoms with Crippen molar-refractivity contribution in [3.63, 3.8) is 0 Å². The second-order valence-corrected chi connectivity index (χ2v) is 3.81. The zero-order valence-electron chi connectivity index (χ0n) is 9.10. The molecule has 0 aliphatic carbocycles. The van der Waals surface area contributed by atoms with Crippen molar-refractivity contribution >= 4 is 16.9 Å². The van der Waals surface area contributed by atoms with E-state index in [1.54, 1.807) is 12.1 Å². The number of pyridine rings is 1. The minimum absolute atomic E-state index is 0.281. The fourth-order valence-electron chi connectivity index (χ4n) is 1.73. The maximum atomic E-state index is 10.8. The molecule has 0 saturated heterocycles. The third-order valence-corrected chi connectivity index (χ3v) is 2.53. The van der Waals surface area contributed by atoms with Crippen LogP contribution in [0.5, 0.6) is 0 Å². The number of hydrogen-bond acceptors (Lipinski definition) is 2. The predicted octanol–water partition coefficient (Wildman–Crippen LogP) is 2.89. The first-order chi connectivity index (χ1) is 7.70. The third kappa shape index (κ3) is 2.03. The Bertz CT molecular complexity index is 534. The number of carbonyl (C=O) groups is 1. The van der Waals surface area contributed by atoms with Gasteiger partial charge in [0.1, 0.15) is 0 Å². The molecule has 3 heteroatoms. The average molecular weight is 215 g/mol. The van der Waals surface area contributed by atoms with Crippen LogP contribution in [0.15, 0.2) is 30.5 Å². The van der Waals surface area contributed by atoms with E-state index in [-0.39, 0.29) is 5.56 Å². The molecule has 3 nitrogen and oxygen atoms in total. The first-order valence-corrected chi connectivity index (χ1v) is 5.32. The zero-order valence-corrected chi connectivity index (χ0v) is 9.10. The second kappa shape index (κ2) is 4.31. The van der Waals surface area contributed by atoms with Crippen LogP contribution in [0.2, 0.25) is 0 Å². The Morgan fingerprint density at radius 3 is 2.88 bits per heavy atom. The van der Waals surface area contributed by atoms with Crippen molar-refractivity contribution < 1.29 is 9.90 Å². The van der Waals surface area contributed by atoms with Gasteiger partial charge in [-0.2, -0.15) is 0 Å². The molecule has 82 valence electrons. The number of aromatic carboxylic acids is 1. The predicted molar refractivity (Wildman–Crippen MR) is 62.7 cm³/mol. The molecule has 0 fully saturated rings. The molecular formula is C13H13NO2. The van der Waals surface area contributed by atoms with Crippen LogP contribution in [0.25, 0.3) is 10.9 Å². The number of benzene rings is 1. The zero-order chi connectivity index (χ0) is 11.5. The van der Waals surface area contributed by atoms with Gasteiger partial charge in [0.15, 0.2) is 0 Å². The summed E-state index contributed by atoms with van der Waals surface area (Å²) < 4.78 is 0. The topological polar surface area (TPSA) is 50.2 Å². The molecule has 0 saturated carbocycles. The summed E-state index contributed by atoms with van der Waals surface area (Å²) >= 11 is 0. The van der Waals surface area contributed by atoms with Gasteiger partial charge in [-0.05, 0) is 30.2 Å². The van der Waals surface area contributed by atoms with Crippen LogP contribution in [0, 0.1) is 0 Å². The number of aryl methyl sites for hydroxylation is 1. The molecule has 0 aliphatic rings. The number of hydrogen-bond donors (Lipinski definition) is 1. The SMILES string of the molecule is CCCc1cnc2cc(C(=O)O)ccc2c1. The lowest BCUT2D eigenvalue weighted by Crippen LogP contribution is -1.96. The van der Waals surface area contributed by atoms with Crippen LogP contribution in [0.4, 0.5) is 0 Å². The smallest absolute Gasteiger partial charge is 0.335 e. The van der Waals surface area contributed by atoms with Crippen LogP contribution in [0.3, 0.4) is 0 Å². The summed E-state index contributed by atoms with van der Waals surface area (Å²) in [6.07, 6.45) is 3.90. The summed E-state index contributed by atoms with van der Waals surface area (Å²) in [5, 5.41) is 9.85. The van der Waals surface area contributed by atoms with Gasteiger partial charge in [-0.25, -0.2) is 4.79 Å². The van der Waals surface area contributed by atoms with E-state index in [1.807, 2.05) is 12.3 Å². The van der Waals surface area contributed by atoms with Gasteiger partial charge in [-0.15, -0.1) is 0 Å². The Morgan fingerprint density at radius 1 is 1.38 bits per heavy atom. The van der Waals surface area contributed by atoms with E-state index in [0.717, 1.165) is 23.7 Å². The van der Waals surface area contributed by atoms with Crippen molar-refractivity contribution in [2.75, 3.05) is 0 Å². The van der Waals surface area contributed by atoms with Crippen molar-refractivity contribution in [3.05, 3.63) is 41.6 Å². The number of aromatic nitrogens is 1. The summed E-state index contributed by atoms with van der Waals surface area (Å²) in [5.74, 6) is -0.915. The van der Waals surface area contributed by atoms with Crippen molar-refractivity contribution in [1.29, 1.82) is 0 Å². The highest BCUT2D eigenvalue weighted by molar-refractivity contribution is 5.93. The van der Waals surface area contributed by atoms with E-state index in [9.17, 15) is 4.79 Å². The van der Waals surface area contributed by atoms with Crippen LogP contribution >= 0.6 is 0 Å². The largest absolute Gasteiger partial charge is 0.478 e. The number of carboxylic acids is 1. The molecule has 1 aromatic carbocycles. The Balaban J connectivity index is 2.48. The van der Waals surface area contributed by atoms with E-state index in [1.165, 1.54) is 5.56 Å². The van der Waals surface area contributed by atoms with E-state index in [2.05, 4.69) is 18.0 Å². The first kappa shape index (κ1) is 10.6. The van der Waals surface area contributed by atoms with Gasteiger partial charge in [0.25, 0.3) is 0 Å². The van der Waals surface area contributed by atoms with E-state index in [4.69, 9.17) is 5.11 Å². The molecule has 0 radical (unpaired) electrons. The molecule has 1 N–H and O–H groups in total. The second-order valence-electron chi connectivity index (χ2n) is 3.81. The highest BCUT2D eigenvalue weighted by Crippen LogP contribution is 2.16. The summed E-state index contributed by atoms with van der Waals surface area (Å²) in [6, 6.07) is 7.10. The highest BCUT2D eigenvalue weighted by atomic mass is 16.4. The molecule has 16 heavy (non-hydrogen) atoms. The molecule has 0 atom stereocenters. The van der Waals surface area contributed by atoms with Crippen LogP contribution in [-0.2, 0) is 6.42 Å². The van der Waals surface area contributed by atoms with Crippen LogP contribution in [0.1, 0.15) is 29.3 Å². The molecule has 0 unspecified atom stereocenters. The number of carboxylic acid groups (broad SMARTS) is 1. The fraction of sp³-hybridized carbons (Fsp3) is 0.231. The van der Waals surface area contributed by atoms with Crippen molar-refractivity contribution in [2.45, 2.75) is 19.8 Å². The molecule has 0 spiro atoms. The van der Waals surface area contributed by atoms with Crippen LogP contribution < -0.4 is 0 Å². The first-order valence-electron chi connectivity index (χ1n) is 5.32. The summed E-state index contributed by atoms with van der Waals surface area (Å²) in [4.78, 5) is 15.1. The van der Waals surface area contributed by atoms with Crippen molar-refractivity contribution in [1.82, 2.24) is 4.98 Å². The standard InChI is InChI=1S/C13H13NO2/c1-2-3-9-6-10-4-5-11(13(15)16)7-12(10)14-8-9/h4-8H,2-3H2,1H3,(H,15,16). The van der Waals surface area contributed by atoms with Crippen molar-refractivity contribution in [3.8, 4) is 0 Å². The summed E-state index contributed by atoms with van der Waals surface area (Å²) in [5.41, 5.74) is 2.21. The van der Waals surface area contributed by atoms with Gasteiger partial charge in [0, 0.05) is 11.6 Å². The molecule has 2 rings (SSSR count). The molecule has 0 bridgehead atoms. The lowest BCUT2D eigenvalue weighted by molar-refractivity contribution is 0.0697. The van der Waals surface area contributed by atoms with Gasteiger partial charge in [-0.1, -0.05) is 19.4 Å². The van der Waals surface area contributed by atoms with E-state index in [0.29, 0.717) is 0 Å². The molecule has 1 heterocycles. The molecule has 0 amide bonds. The lowest BCUT2D eigenvalue weighted by atomic mass is 10.1. The minimum Gasteiger partial charge on any atom is -0.478 e. The maximum Gasteiger partial charge on any atom is 0.335 e. The van der Waals surface area contributed by atoms with Gasteiger partial charge < -0.3 is 5.11 Å². The van der Waals surface area contributed by atoms with Gasteiger partial charge in [-0.3, -0.25) is 4.98 Å². The summed E-state index contributed by atoms with van der Waals surface area (Å²) in [7, 11) is 0. The average Bonchev–Trinajstić information content (AvgIpc) is 2.28. The number of nitrogens with zero attached hydrogens (tertiary/aromatic N) is 1. The Kier molecular flexibility index (Phi) is 2.86. The highest BCUT2D eigenvalue weighted by Gasteiger charge is 2.04. The molecule has 1 aromatic heterocycles.